The average molecular weight is 547 g/mol. The minimum atomic E-state index is -4.67. The average Bonchev–Trinajstić information content (AvgIpc) is 3.33. The van der Waals surface area contributed by atoms with Crippen molar-refractivity contribution >= 4 is 24.8 Å². The zero-order chi connectivity index (χ0) is 24.3. The second-order valence-corrected chi connectivity index (χ2v) is 8.74. The largest absolute Gasteiger partial charge is 0.490 e. The van der Waals surface area contributed by atoms with E-state index < -0.39 is 12.0 Å². The van der Waals surface area contributed by atoms with Gasteiger partial charge in [0, 0.05) is 18.1 Å². The van der Waals surface area contributed by atoms with Gasteiger partial charge in [0.05, 0.1) is 11.8 Å². The van der Waals surface area contributed by atoms with Gasteiger partial charge in [-0.3, -0.25) is 0 Å². The zero-order valence-corrected chi connectivity index (χ0v) is 21.6. The number of nitrogens with one attached hydrogen (secondary N) is 1. The van der Waals surface area contributed by atoms with Crippen LogP contribution in [-0.4, -0.2) is 38.4 Å². The van der Waals surface area contributed by atoms with Crippen molar-refractivity contribution in [2.75, 3.05) is 0 Å². The summed E-state index contributed by atoms with van der Waals surface area (Å²) in [7, 11) is 0. The molecule has 1 saturated heterocycles. The van der Waals surface area contributed by atoms with Crippen LogP contribution in [-0.2, 0) is 12.6 Å². The third kappa shape index (κ3) is 6.88. The lowest BCUT2D eigenvalue weighted by Gasteiger charge is -2.36. The quantitative estimate of drug-likeness (QED) is 0.430. The van der Waals surface area contributed by atoms with E-state index in [1.54, 1.807) is 18.2 Å². The van der Waals surface area contributed by atoms with Crippen LogP contribution in [0.25, 0.3) is 5.69 Å². The molecule has 0 aliphatic carbocycles. The highest BCUT2D eigenvalue weighted by Gasteiger charge is 2.38. The predicted molar refractivity (Wildman–Crippen MR) is 136 cm³/mol. The van der Waals surface area contributed by atoms with Crippen LogP contribution in [0.4, 0.5) is 13.2 Å². The van der Waals surface area contributed by atoms with E-state index in [0.717, 1.165) is 30.4 Å². The van der Waals surface area contributed by atoms with Crippen LogP contribution in [0.1, 0.15) is 56.1 Å². The van der Waals surface area contributed by atoms with E-state index in [0.29, 0.717) is 16.9 Å². The standard InChI is InChI=1S/C24H29F3N6O.2ClH/c1-3-15(2)34-21-12-10-19(33-23(24(25,26)27)30-31-32-33)14-17(21)13-18-9-11-20(28)22(29-18)16-7-5-4-6-8-16;;/h4-8,10,12,14-15,18,20,22,29H,3,9,11,13,28H2,1-2H3;2*1H/t15?,18?,20-,22-;;/m0../s1. The number of tetrazole rings is 1. The van der Waals surface area contributed by atoms with Gasteiger partial charge in [0.1, 0.15) is 5.75 Å². The molecule has 12 heteroatoms. The summed E-state index contributed by atoms with van der Waals surface area (Å²) in [6.45, 7) is 3.98. The number of aromatic nitrogens is 4. The first-order chi connectivity index (χ1) is 16.3. The topological polar surface area (TPSA) is 90.9 Å². The Morgan fingerprint density at radius 3 is 2.53 bits per heavy atom. The van der Waals surface area contributed by atoms with Crippen molar-refractivity contribution in [1.82, 2.24) is 25.5 Å². The van der Waals surface area contributed by atoms with Crippen LogP contribution >= 0.6 is 24.8 Å². The van der Waals surface area contributed by atoms with E-state index in [1.807, 2.05) is 44.2 Å². The second-order valence-electron chi connectivity index (χ2n) is 8.74. The molecule has 0 spiro atoms. The van der Waals surface area contributed by atoms with Crippen molar-refractivity contribution in [3.05, 3.63) is 65.5 Å². The summed E-state index contributed by atoms with van der Waals surface area (Å²) in [5.74, 6) is -0.521. The van der Waals surface area contributed by atoms with Gasteiger partial charge < -0.3 is 15.8 Å². The Hall–Kier alpha value is -2.40. The van der Waals surface area contributed by atoms with Gasteiger partial charge in [-0.05, 0) is 72.4 Å². The molecular weight excluding hydrogens is 516 g/mol. The van der Waals surface area contributed by atoms with Crippen molar-refractivity contribution in [2.45, 2.75) is 69.9 Å². The Balaban J connectivity index is 0.00000228. The number of rotatable bonds is 7. The summed E-state index contributed by atoms with van der Waals surface area (Å²) in [6, 6.07) is 15.0. The number of halogens is 5. The molecule has 3 aromatic rings. The number of alkyl halides is 3. The summed E-state index contributed by atoms with van der Waals surface area (Å²) in [5, 5.41) is 13.6. The maximum Gasteiger partial charge on any atom is 0.453 e. The molecule has 7 nitrogen and oxygen atoms in total. The number of nitrogens with zero attached hydrogens (tertiary/aromatic N) is 4. The van der Waals surface area contributed by atoms with E-state index in [4.69, 9.17) is 10.5 Å². The van der Waals surface area contributed by atoms with Crippen LogP contribution in [0.15, 0.2) is 48.5 Å². The highest BCUT2D eigenvalue weighted by Crippen LogP contribution is 2.32. The normalized spacial score (nSPS) is 20.7. The Labute approximate surface area is 220 Å². The highest BCUT2D eigenvalue weighted by molar-refractivity contribution is 5.85. The Morgan fingerprint density at radius 1 is 1.14 bits per heavy atom. The second kappa shape index (κ2) is 12.7. The minimum absolute atomic E-state index is 0. The maximum atomic E-state index is 13.4. The number of hydrogen-bond acceptors (Lipinski definition) is 6. The molecule has 2 unspecified atom stereocenters. The zero-order valence-electron chi connectivity index (χ0n) is 20.0. The Kier molecular flexibility index (Phi) is 10.5. The maximum absolute atomic E-state index is 13.4. The van der Waals surface area contributed by atoms with E-state index in [-0.39, 0.29) is 54.7 Å². The number of hydrogen-bond donors (Lipinski definition) is 2. The van der Waals surface area contributed by atoms with E-state index in [1.165, 1.54) is 0 Å². The molecule has 1 aliphatic rings. The number of piperidine rings is 1. The van der Waals surface area contributed by atoms with E-state index in [9.17, 15) is 13.2 Å². The summed E-state index contributed by atoms with van der Waals surface area (Å²) in [6.07, 6.45) is -1.65. The number of ether oxygens (including phenoxy) is 1. The van der Waals surface area contributed by atoms with Crippen molar-refractivity contribution in [3.63, 3.8) is 0 Å². The molecule has 0 bridgehead atoms. The molecule has 198 valence electrons. The molecular formula is C24H31Cl2F3N6O. The molecule has 0 radical (unpaired) electrons. The van der Waals surface area contributed by atoms with Gasteiger partial charge in [0.15, 0.2) is 0 Å². The molecule has 36 heavy (non-hydrogen) atoms. The van der Waals surface area contributed by atoms with Crippen molar-refractivity contribution in [2.24, 2.45) is 5.73 Å². The van der Waals surface area contributed by atoms with Gasteiger partial charge in [-0.1, -0.05) is 37.3 Å². The molecule has 4 rings (SSSR count). The first-order valence-electron chi connectivity index (χ1n) is 11.5. The fraction of sp³-hybridized carbons (Fsp3) is 0.458. The summed E-state index contributed by atoms with van der Waals surface area (Å²) in [5.41, 5.74) is 8.55. The van der Waals surface area contributed by atoms with Gasteiger partial charge in [-0.2, -0.15) is 17.9 Å². The van der Waals surface area contributed by atoms with Gasteiger partial charge in [0.25, 0.3) is 5.82 Å². The van der Waals surface area contributed by atoms with Crippen LogP contribution in [0.5, 0.6) is 5.75 Å². The Bertz CT molecular complexity index is 1100. The monoisotopic (exact) mass is 546 g/mol. The molecule has 3 N–H and O–H groups in total. The fourth-order valence-corrected chi connectivity index (χ4v) is 4.26. The van der Waals surface area contributed by atoms with Gasteiger partial charge in [0.2, 0.25) is 0 Å². The predicted octanol–water partition coefficient (Wildman–Crippen LogP) is 5.07. The lowest BCUT2D eigenvalue weighted by Crippen LogP contribution is -2.48. The van der Waals surface area contributed by atoms with E-state index in [2.05, 4.69) is 20.8 Å². The van der Waals surface area contributed by atoms with Crippen molar-refractivity contribution in [3.8, 4) is 11.4 Å². The molecule has 1 fully saturated rings. The van der Waals surface area contributed by atoms with Gasteiger partial charge >= 0.3 is 6.18 Å². The number of benzene rings is 2. The first kappa shape index (κ1) is 29.8. The van der Waals surface area contributed by atoms with Crippen molar-refractivity contribution < 1.29 is 17.9 Å². The molecule has 0 amide bonds. The fourth-order valence-electron chi connectivity index (χ4n) is 4.26. The minimum Gasteiger partial charge on any atom is -0.490 e. The van der Waals surface area contributed by atoms with Gasteiger partial charge in [-0.25, -0.2) is 0 Å². The molecule has 1 aromatic heterocycles. The molecule has 2 heterocycles. The van der Waals surface area contributed by atoms with Gasteiger partial charge in [-0.15, -0.1) is 29.9 Å². The summed E-state index contributed by atoms with van der Waals surface area (Å²) in [4.78, 5) is 0. The lowest BCUT2D eigenvalue weighted by atomic mass is 9.87. The van der Waals surface area contributed by atoms with Crippen LogP contribution in [0.2, 0.25) is 0 Å². The van der Waals surface area contributed by atoms with Crippen LogP contribution in [0, 0.1) is 0 Å². The SMILES string of the molecule is CCC(C)Oc1ccc(-n2nnnc2C(F)(F)F)cc1CC1CC[C@H](N)[C@H](c2ccccc2)N1.Cl.Cl. The van der Waals surface area contributed by atoms with Crippen LogP contribution < -0.4 is 15.8 Å². The van der Waals surface area contributed by atoms with Crippen LogP contribution in [0.3, 0.4) is 0 Å². The third-order valence-corrected chi connectivity index (χ3v) is 6.23. The number of nitrogens with two attached hydrogens (primary N) is 1. The third-order valence-electron chi connectivity index (χ3n) is 6.23. The molecule has 1 aliphatic heterocycles. The summed E-state index contributed by atoms with van der Waals surface area (Å²) >= 11 is 0. The smallest absolute Gasteiger partial charge is 0.453 e. The molecule has 0 saturated carbocycles. The lowest BCUT2D eigenvalue weighted by molar-refractivity contribution is -0.146. The van der Waals surface area contributed by atoms with E-state index >= 15 is 0 Å². The Morgan fingerprint density at radius 2 is 1.86 bits per heavy atom. The first-order valence-corrected chi connectivity index (χ1v) is 11.5. The highest BCUT2D eigenvalue weighted by atomic mass is 35.5. The molecule has 2 aromatic carbocycles. The summed E-state index contributed by atoms with van der Waals surface area (Å²) < 4.78 is 46.9. The van der Waals surface area contributed by atoms with Crippen molar-refractivity contribution in [1.29, 1.82) is 0 Å². The molecule has 4 atom stereocenters.